The molecule has 0 bridgehead atoms. The molecule has 3 heterocycles. The van der Waals surface area contributed by atoms with E-state index in [9.17, 15) is 4.39 Å². The van der Waals surface area contributed by atoms with Gasteiger partial charge in [-0.3, -0.25) is 0 Å². The number of H-pyrrole nitrogens is 1. The van der Waals surface area contributed by atoms with Crippen molar-refractivity contribution in [2.75, 3.05) is 18.4 Å². The van der Waals surface area contributed by atoms with Crippen molar-refractivity contribution < 1.29 is 4.39 Å². The van der Waals surface area contributed by atoms with Crippen molar-refractivity contribution in [1.82, 2.24) is 20.3 Å². The van der Waals surface area contributed by atoms with Crippen LogP contribution < -0.4 is 10.6 Å². The molecule has 2 aromatic heterocycles. The molecule has 0 unspecified atom stereocenters. The number of nitriles is 1. The Morgan fingerprint density at radius 3 is 3.04 bits per heavy atom. The molecule has 1 aliphatic heterocycles. The summed E-state index contributed by atoms with van der Waals surface area (Å²) in [5.74, 6) is 0.0550. The summed E-state index contributed by atoms with van der Waals surface area (Å²) in [5, 5.41) is 16.5. The predicted octanol–water partition coefficient (Wildman–Crippen LogP) is 3.36. The number of nitrogens with one attached hydrogen (secondary N) is 3. The van der Waals surface area contributed by atoms with Gasteiger partial charge in [0.1, 0.15) is 6.07 Å². The van der Waals surface area contributed by atoms with Crippen molar-refractivity contribution in [3.05, 3.63) is 41.5 Å². The SMILES string of the molecule is CCc1cnc(N[C@H]2CCCNC2)nc1-c1c[nH]c2c(F)c(C#N)ccc12. The minimum atomic E-state index is -0.528. The number of aromatic nitrogens is 3. The van der Waals surface area contributed by atoms with E-state index in [1.165, 1.54) is 6.07 Å². The summed E-state index contributed by atoms with van der Waals surface area (Å²) < 4.78 is 14.5. The molecule has 138 valence electrons. The smallest absolute Gasteiger partial charge is 0.223 e. The molecule has 0 amide bonds. The van der Waals surface area contributed by atoms with E-state index in [0.29, 0.717) is 22.9 Å². The van der Waals surface area contributed by atoms with Crippen LogP contribution in [0.5, 0.6) is 0 Å². The number of halogens is 1. The molecule has 7 heteroatoms. The number of nitrogens with zero attached hydrogens (tertiary/aromatic N) is 3. The highest BCUT2D eigenvalue weighted by molar-refractivity contribution is 5.96. The van der Waals surface area contributed by atoms with Crippen LogP contribution in [0, 0.1) is 17.1 Å². The van der Waals surface area contributed by atoms with Gasteiger partial charge in [0.25, 0.3) is 0 Å². The van der Waals surface area contributed by atoms with E-state index in [1.807, 2.05) is 19.2 Å². The lowest BCUT2D eigenvalue weighted by Crippen LogP contribution is -2.38. The Balaban J connectivity index is 1.76. The minimum absolute atomic E-state index is 0.0291. The average molecular weight is 364 g/mol. The number of benzene rings is 1. The molecule has 0 radical (unpaired) electrons. The van der Waals surface area contributed by atoms with E-state index in [0.717, 1.165) is 49.2 Å². The molecular formula is C20H21FN6. The lowest BCUT2D eigenvalue weighted by molar-refractivity contribution is 0.478. The molecule has 3 aromatic rings. The highest BCUT2D eigenvalue weighted by atomic mass is 19.1. The zero-order valence-corrected chi connectivity index (χ0v) is 15.1. The number of rotatable bonds is 4. The second-order valence-electron chi connectivity index (χ2n) is 6.77. The van der Waals surface area contributed by atoms with Crippen molar-refractivity contribution in [2.24, 2.45) is 0 Å². The summed E-state index contributed by atoms with van der Waals surface area (Å²) in [5.41, 5.74) is 2.96. The standard InChI is InChI=1S/C20H21FN6/c1-2-12-9-25-20(26-14-4-3-7-23-10-14)27-18(12)16-11-24-19-15(16)6-5-13(8-22)17(19)21/h5-6,9,11,14,23-24H,2-4,7,10H2,1H3,(H,25,26,27)/t14-/m0/s1. The van der Waals surface area contributed by atoms with Crippen LogP contribution in [0.15, 0.2) is 24.5 Å². The number of aromatic amines is 1. The Morgan fingerprint density at radius 2 is 2.30 bits per heavy atom. The van der Waals surface area contributed by atoms with Crippen LogP contribution in [0.4, 0.5) is 10.3 Å². The summed E-state index contributed by atoms with van der Waals surface area (Å²) in [4.78, 5) is 12.2. The van der Waals surface area contributed by atoms with Crippen LogP contribution >= 0.6 is 0 Å². The maximum atomic E-state index is 14.5. The van der Waals surface area contributed by atoms with E-state index in [-0.39, 0.29) is 5.56 Å². The zero-order valence-electron chi connectivity index (χ0n) is 15.1. The number of piperidine rings is 1. The highest BCUT2D eigenvalue weighted by Crippen LogP contribution is 2.32. The first kappa shape index (κ1) is 17.4. The Labute approximate surface area is 156 Å². The molecule has 0 aliphatic carbocycles. The third-order valence-electron chi connectivity index (χ3n) is 5.04. The molecule has 27 heavy (non-hydrogen) atoms. The molecular weight excluding hydrogens is 343 g/mol. The van der Waals surface area contributed by atoms with Gasteiger partial charge in [0.15, 0.2) is 5.82 Å². The number of fused-ring (bicyclic) bond motifs is 1. The number of anilines is 1. The predicted molar refractivity (Wildman–Crippen MR) is 103 cm³/mol. The lowest BCUT2D eigenvalue weighted by atomic mass is 10.0. The first-order valence-electron chi connectivity index (χ1n) is 9.24. The Bertz CT molecular complexity index is 1010. The highest BCUT2D eigenvalue weighted by Gasteiger charge is 2.18. The van der Waals surface area contributed by atoms with Crippen LogP contribution in [-0.4, -0.2) is 34.1 Å². The van der Waals surface area contributed by atoms with Gasteiger partial charge in [-0.25, -0.2) is 14.4 Å². The molecule has 3 N–H and O–H groups in total. The van der Waals surface area contributed by atoms with Crippen LogP contribution in [0.3, 0.4) is 0 Å². The summed E-state index contributed by atoms with van der Waals surface area (Å²) in [6.07, 6.45) is 6.56. The summed E-state index contributed by atoms with van der Waals surface area (Å²) in [6.45, 7) is 3.98. The quantitative estimate of drug-likeness (QED) is 0.660. The first-order chi connectivity index (χ1) is 13.2. The molecule has 0 saturated carbocycles. The fourth-order valence-corrected chi connectivity index (χ4v) is 3.57. The van der Waals surface area contributed by atoms with E-state index in [4.69, 9.17) is 10.2 Å². The van der Waals surface area contributed by atoms with Crippen LogP contribution in [0.2, 0.25) is 0 Å². The molecule has 1 fully saturated rings. The normalized spacial score (nSPS) is 17.0. The summed E-state index contributed by atoms with van der Waals surface area (Å²) in [6, 6.07) is 5.46. The van der Waals surface area contributed by atoms with Gasteiger partial charge in [-0.05, 0) is 37.4 Å². The fourth-order valence-electron chi connectivity index (χ4n) is 3.57. The van der Waals surface area contributed by atoms with Crippen molar-refractivity contribution in [1.29, 1.82) is 5.26 Å². The Hall–Kier alpha value is -2.98. The van der Waals surface area contributed by atoms with Crippen LogP contribution in [0.1, 0.15) is 30.9 Å². The monoisotopic (exact) mass is 364 g/mol. The maximum Gasteiger partial charge on any atom is 0.223 e. The largest absolute Gasteiger partial charge is 0.358 e. The third kappa shape index (κ3) is 3.24. The van der Waals surface area contributed by atoms with Gasteiger partial charge in [0, 0.05) is 35.9 Å². The molecule has 4 rings (SSSR count). The number of hydrogen-bond donors (Lipinski definition) is 3. The maximum absolute atomic E-state index is 14.5. The van der Waals surface area contributed by atoms with Crippen molar-refractivity contribution in [2.45, 2.75) is 32.2 Å². The van der Waals surface area contributed by atoms with Gasteiger partial charge < -0.3 is 15.6 Å². The van der Waals surface area contributed by atoms with E-state index >= 15 is 0 Å². The number of hydrogen-bond acceptors (Lipinski definition) is 5. The van der Waals surface area contributed by atoms with Gasteiger partial charge >= 0.3 is 0 Å². The van der Waals surface area contributed by atoms with Gasteiger partial charge in [0.2, 0.25) is 5.95 Å². The second kappa shape index (κ2) is 7.33. The van der Waals surface area contributed by atoms with Gasteiger partial charge in [0.05, 0.1) is 16.8 Å². The topological polar surface area (TPSA) is 89.4 Å². The van der Waals surface area contributed by atoms with Gasteiger partial charge in [-0.2, -0.15) is 5.26 Å². The molecule has 1 aromatic carbocycles. The van der Waals surface area contributed by atoms with Crippen molar-refractivity contribution in [3.8, 4) is 17.3 Å². The second-order valence-corrected chi connectivity index (χ2v) is 6.77. The van der Waals surface area contributed by atoms with Crippen molar-refractivity contribution >= 4 is 16.9 Å². The average Bonchev–Trinajstić information content (AvgIpc) is 3.14. The minimum Gasteiger partial charge on any atom is -0.358 e. The van der Waals surface area contributed by atoms with Gasteiger partial charge in [-0.15, -0.1) is 0 Å². The molecule has 0 spiro atoms. The Morgan fingerprint density at radius 1 is 1.41 bits per heavy atom. The van der Waals surface area contributed by atoms with Crippen LogP contribution in [0.25, 0.3) is 22.2 Å². The van der Waals surface area contributed by atoms with Crippen LogP contribution in [-0.2, 0) is 6.42 Å². The third-order valence-corrected chi connectivity index (χ3v) is 5.04. The summed E-state index contributed by atoms with van der Waals surface area (Å²) in [7, 11) is 0. The number of aryl methyl sites for hydroxylation is 1. The van der Waals surface area contributed by atoms with Crippen molar-refractivity contribution in [3.63, 3.8) is 0 Å². The summed E-state index contributed by atoms with van der Waals surface area (Å²) >= 11 is 0. The van der Waals surface area contributed by atoms with Gasteiger partial charge in [-0.1, -0.05) is 13.0 Å². The van der Waals surface area contributed by atoms with E-state index in [2.05, 4.69) is 20.6 Å². The lowest BCUT2D eigenvalue weighted by Gasteiger charge is -2.24. The molecule has 1 atom stereocenters. The molecule has 1 saturated heterocycles. The zero-order chi connectivity index (χ0) is 18.8. The first-order valence-corrected chi connectivity index (χ1v) is 9.24. The molecule has 1 aliphatic rings. The fraction of sp³-hybridized carbons (Fsp3) is 0.350. The van der Waals surface area contributed by atoms with E-state index < -0.39 is 5.82 Å². The van der Waals surface area contributed by atoms with E-state index in [1.54, 1.807) is 12.3 Å². The molecule has 6 nitrogen and oxygen atoms in total. The Kier molecular flexibility index (Phi) is 4.73.